The van der Waals surface area contributed by atoms with Crippen LogP contribution in [0.15, 0.2) is 65.3 Å². The van der Waals surface area contributed by atoms with Gasteiger partial charge < -0.3 is 18.8 Å². The molecule has 0 N–H and O–H groups in total. The van der Waals surface area contributed by atoms with Gasteiger partial charge in [-0.3, -0.25) is 4.79 Å². The first kappa shape index (κ1) is 23.4. The Balaban J connectivity index is 1.89. The predicted molar refractivity (Wildman–Crippen MR) is 133 cm³/mol. The maximum absolute atomic E-state index is 13.2. The number of rotatable bonds is 8. The fourth-order valence-electron chi connectivity index (χ4n) is 4.12. The number of fused-ring (bicyclic) bond motifs is 1. The van der Waals surface area contributed by atoms with Crippen LogP contribution < -0.4 is 9.47 Å². The van der Waals surface area contributed by atoms with Crippen LogP contribution in [0.3, 0.4) is 0 Å². The lowest BCUT2D eigenvalue weighted by Crippen LogP contribution is -2.33. The summed E-state index contributed by atoms with van der Waals surface area (Å²) < 4.78 is 16.7. The molecule has 176 valence electrons. The third kappa shape index (κ3) is 4.76. The molecule has 0 spiro atoms. The minimum atomic E-state index is -0.152. The van der Waals surface area contributed by atoms with Crippen molar-refractivity contribution in [3.63, 3.8) is 0 Å². The molecule has 0 radical (unpaired) electrons. The first-order valence-corrected chi connectivity index (χ1v) is 11.3. The lowest BCUT2D eigenvalue weighted by atomic mass is 10.00. The van der Waals surface area contributed by atoms with Crippen LogP contribution in [0.1, 0.15) is 30.7 Å². The normalized spacial score (nSPS) is 11.1. The molecule has 0 bridgehead atoms. The number of hydrogen-bond acceptors (Lipinski definition) is 5. The molecular weight excluding hydrogens is 428 g/mol. The quantitative estimate of drug-likeness (QED) is 0.324. The second-order valence-corrected chi connectivity index (χ2v) is 8.64. The molecule has 0 unspecified atom stereocenters. The zero-order valence-electron chi connectivity index (χ0n) is 20.3. The first-order chi connectivity index (χ1) is 16.4. The molecule has 0 saturated heterocycles. The molecule has 6 nitrogen and oxygen atoms in total. The predicted octanol–water partition coefficient (Wildman–Crippen LogP) is 6.01. The number of furan rings is 1. The second-order valence-electron chi connectivity index (χ2n) is 8.64. The fraction of sp³-hybridized carbons (Fsp3) is 0.286. The van der Waals surface area contributed by atoms with Crippen LogP contribution in [0, 0.1) is 12.8 Å². The van der Waals surface area contributed by atoms with Gasteiger partial charge in [-0.05, 0) is 54.4 Å². The standard InChI is InChI=1S/C28H30N2O4/c1-18(2)28(31)30(17-23-10-7-13-34-23)16-21-14-20-9-6-8-19(3)26(20)29-27(21)24-15-22(32-4)11-12-25(24)33-5/h6-15,18H,16-17H2,1-5H3. The van der Waals surface area contributed by atoms with Crippen molar-refractivity contribution >= 4 is 16.8 Å². The highest BCUT2D eigenvalue weighted by molar-refractivity contribution is 5.87. The van der Waals surface area contributed by atoms with Crippen molar-refractivity contribution in [3.8, 4) is 22.8 Å². The monoisotopic (exact) mass is 458 g/mol. The molecule has 0 atom stereocenters. The van der Waals surface area contributed by atoms with Crippen molar-refractivity contribution in [1.82, 2.24) is 9.88 Å². The summed E-state index contributed by atoms with van der Waals surface area (Å²) in [6.07, 6.45) is 1.63. The van der Waals surface area contributed by atoms with E-state index < -0.39 is 0 Å². The van der Waals surface area contributed by atoms with Crippen molar-refractivity contribution < 1.29 is 18.7 Å². The molecule has 1 amide bonds. The summed E-state index contributed by atoms with van der Waals surface area (Å²) in [6, 6.07) is 17.6. The van der Waals surface area contributed by atoms with E-state index in [-0.39, 0.29) is 11.8 Å². The zero-order valence-corrected chi connectivity index (χ0v) is 20.3. The molecule has 4 aromatic rings. The number of ether oxygens (including phenoxy) is 2. The topological polar surface area (TPSA) is 64.8 Å². The van der Waals surface area contributed by atoms with Gasteiger partial charge in [0.15, 0.2) is 0 Å². The van der Waals surface area contributed by atoms with Gasteiger partial charge in [-0.25, -0.2) is 4.98 Å². The van der Waals surface area contributed by atoms with E-state index in [4.69, 9.17) is 18.9 Å². The van der Waals surface area contributed by atoms with Gasteiger partial charge in [0.1, 0.15) is 17.3 Å². The van der Waals surface area contributed by atoms with E-state index in [0.717, 1.165) is 39.0 Å². The largest absolute Gasteiger partial charge is 0.497 e. The molecule has 2 aromatic heterocycles. The van der Waals surface area contributed by atoms with Crippen LogP contribution in [-0.2, 0) is 17.9 Å². The van der Waals surface area contributed by atoms with Crippen molar-refractivity contribution in [3.05, 3.63) is 77.7 Å². The van der Waals surface area contributed by atoms with Crippen LogP contribution in [0.2, 0.25) is 0 Å². The summed E-state index contributed by atoms with van der Waals surface area (Å²) in [5.74, 6) is 2.03. The van der Waals surface area contributed by atoms with Gasteiger partial charge in [-0.1, -0.05) is 32.0 Å². The number of methoxy groups -OCH3 is 2. The van der Waals surface area contributed by atoms with Crippen molar-refractivity contribution in [2.24, 2.45) is 5.92 Å². The molecule has 2 heterocycles. The highest BCUT2D eigenvalue weighted by Gasteiger charge is 2.23. The molecule has 0 aliphatic rings. The summed E-state index contributed by atoms with van der Waals surface area (Å²) in [5.41, 5.74) is 4.50. The highest BCUT2D eigenvalue weighted by Crippen LogP contribution is 2.36. The molecule has 34 heavy (non-hydrogen) atoms. The number of amides is 1. The van der Waals surface area contributed by atoms with Crippen LogP contribution in [-0.4, -0.2) is 30.0 Å². The van der Waals surface area contributed by atoms with Gasteiger partial charge in [-0.15, -0.1) is 0 Å². The summed E-state index contributed by atoms with van der Waals surface area (Å²) in [4.78, 5) is 20.1. The van der Waals surface area contributed by atoms with Crippen LogP contribution in [0.5, 0.6) is 11.5 Å². The van der Waals surface area contributed by atoms with Gasteiger partial charge in [0.25, 0.3) is 0 Å². The first-order valence-electron chi connectivity index (χ1n) is 11.3. The average molecular weight is 459 g/mol. The van der Waals surface area contributed by atoms with E-state index in [1.165, 1.54) is 0 Å². The Labute approximate surface area is 200 Å². The third-order valence-corrected chi connectivity index (χ3v) is 5.88. The van der Waals surface area contributed by atoms with E-state index in [9.17, 15) is 4.79 Å². The molecular formula is C28H30N2O4. The summed E-state index contributed by atoms with van der Waals surface area (Å²) >= 11 is 0. The van der Waals surface area contributed by atoms with E-state index in [0.29, 0.717) is 24.6 Å². The maximum Gasteiger partial charge on any atom is 0.225 e. The lowest BCUT2D eigenvalue weighted by Gasteiger charge is -2.25. The van der Waals surface area contributed by atoms with Crippen LogP contribution in [0.25, 0.3) is 22.2 Å². The van der Waals surface area contributed by atoms with Gasteiger partial charge in [0.05, 0.1) is 38.2 Å². The van der Waals surface area contributed by atoms with Gasteiger partial charge in [0, 0.05) is 23.4 Å². The number of carbonyl (C=O) groups excluding carboxylic acids is 1. The van der Waals surface area contributed by atoms with Crippen LogP contribution in [0.4, 0.5) is 0 Å². The number of para-hydroxylation sites is 1. The minimum Gasteiger partial charge on any atom is -0.497 e. The van der Waals surface area contributed by atoms with Crippen molar-refractivity contribution in [2.45, 2.75) is 33.9 Å². The van der Waals surface area contributed by atoms with Gasteiger partial charge in [0.2, 0.25) is 5.91 Å². The van der Waals surface area contributed by atoms with E-state index in [2.05, 4.69) is 6.07 Å². The minimum absolute atomic E-state index is 0.0456. The second kappa shape index (κ2) is 10.00. The number of benzene rings is 2. The number of pyridine rings is 1. The Kier molecular flexibility index (Phi) is 6.87. The number of nitrogens with zero attached hydrogens (tertiary/aromatic N) is 2. The summed E-state index contributed by atoms with van der Waals surface area (Å²) in [5, 5.41) is 1.02. The van der Waals surface area contributed by atoms with Crippen molar-refractivity contribution in [1.29, 1.82) is 0 Å². The lowest BCUT2D eigenvalue weighted by molar-refractivity contribution is -0.136. The number of aryl methyl sites for hydroxylation is 1. The number of carbonyl (C=O) groups is 1. The van der Waals surface area contributed by atoms with Crippen molar-refractivity contribution in [2.75, 3.05) is 14.2 Å². The van der Waals surface area contributed by atoms with E-state index >= 15 is 0 Å². The Morgan fingerprint density at radius 3 is 2.53 bits per heavy atom. The van der Waals surface area contributed by atoms with Gasteiger partial charge in [-0.2, -0.15) is 0 Å². The van der Waals surface area contributed by atoms with Gasteiger partial charge >= 0.3 is 0 Å². The Morgan fingerprint density at radius 2 is 1.85 bits per heavy atom. The summed E-state index contributed by atoms with van der Waals surface area (Å²) in [6.45, 7) is 6.62. The Bertz CT molecular complexity index is 1300. The Morgan fingerprint density at radius 1 is 1.03 bits per heavy atom. The maximum atomic E-state index is 13.2. The summed E-state index contributed by atoms with van der Waals surface area (Å²) in [7, 11) is 3.28. The average Bonchev–Trinajstić information content (AvgIpc) is 3.35. The Hall–Kier alpha value is -3.80. The fourth-order valence-corrected chi connectivity index (χ4v) is 4.12. The molecule has 0 fully saturated rings. The third-order valence-electron chi connectivity index (χ3n) is 5.88. The molecule has 0 aliphatic carbocycles. The highest BCUT2D eigenvalue weighted by atomic mass is 16.5. The van der Waals surface area contributed by atoms with E-state index in [1.807, 2.05) is 74.2 Å². The number of aromatic nitrogens is 1. The van der Waals surface area contributed by atoms with Crippen LogP contribution >= 0.6 is 0 Å². The molecule has 4 rings (SSSR count). The molecule has 2 aromatic carbocycles. The molecule has 0 saturated carbocycles. The number of hydrogen-bond donors (Lipinski definition) is 0. The molecule has 6 heteroatoms. The molecule has 0 aliphatic heterocycles. The zero-order chi connectivity index (χ0) is 24.2. The SMILES string of the molecule is COc1ccc(OC)c(-c2nc3c(C)cccc3cc2CN(Cc2ccco2)C(=O)C(C)C)c1. The smallest absolute Gasteiger partial charge is 0.225 e. The van der Waals surface area contributed by atoms with E-state index in [1.54, 1.807) is 20.5 Å².